The molecule has 0 spiro atoms. The second-order valence-corrected chi connectivity index (χ2v) is 4.58. The number of nitrogens with zero attached hydrogens (tertiary/aromatic N) is 1. The Kier molecular flexibility index (Phi) is 4.72. The van der Waals surface area contributed by atoms with Crippen LogP contribution in [0.5, 0.6) is 0 Å². The average molecular weight is 277 g/mol. The van der Waals surface area contributed by atoms with Gasteiger partial charge in [-0.1, -0.05) is 11.8 Å². The van der Waals surface area contributed by atoms with Crippen LogP contribution < -0.4 is 0 Å². The highest BCUT2D eigenvalue weighted by Crippen LogP contribution is 2.17. The zero-order valence-electron chi connectivity index (χ0n) is 11.2. The van der Waals surface area contributed by atoms with E-state index in [1.165, 1.54) is 18.2 Å². The average Bonchev–Trinajstić information content (AvgIpc) is 2.97. The lowest BCUT2D eigenvalue weighted by atomic mass is 10.1. The fourth-order valence-corrected chi connectivity index (χ4v) is 2.12. The van der Waals surface area contributed by atoms with Crippen molar-refractivity contribution in [3.05, 3.63) is 35.1 Å². The van der Waals surface area contributed by atoms with Gasteiger partial charge in [0.2, 0.25) is 0 Å². The summed E-state index contributed by atoms with van der Waals surface area (Å²) in [5.41, 5.74) is 0.622. The number of hydrogen-bond donors (Lipinski definition) is 1. The van der Waals surface area contributed by atoms with Gasteiger partial charge in [0.1, 0.15) is 12.4 Å². The Balaban J connectivity index is 2.28. The van der Waals surface area contributed by atoms with Gasteiger partial charge in [0.15, 0.2) is 0 Å². The van der Waals surface area contributed by atoms with Crippen LogP contribution in [0.25, 0.3) is 0 Å². The van der Waals surface area contributed by atoms with Crippen LogP contribution in [0.1, 0.15) is 22.3 Å². The van der Waals surface area contributed by atoms with Crippen molar-refractivity contribution in [1.29, 1.82) is 0 Å². The van der Waals surface area contributed by atoms with E-state index in [2.05, 4.69) is 11.8 Å². The molecule has 4 nitrogen and oxygen atoms in total. The largest absolute Gasteiger partial charge is 0.384 e. The minimum absolute atomic E-state index is 0.0335. The Hall–Kier alpha value is -1.90. The molecule has 0 saturated carbocycles. The molecule has 1 atom stereocenters. The number of rotatable bonds is 2. The first kappa shape index (κ1) is 14.5. The maximum absolute atomic E-state index is 13.3. The molecule has 1 unspecified atom stereocenters. The van der Waals surface area contributed by atoms with Crippen LogP contribution in [0.2, 0.25) is 0 Å². The Morgan fingerprint density at radius 3 is 3.05 bits per heavy atom. The summed E-state index contributed by atoms with van der Waals surface area (Å²) in [6.07, 6.45) is 0.793. The predicted octanol–water partition coefficient (Wildman–Crippen LogP) is 1.03. The third kappa shape index (κ3) is 3.16. The van der Waals surface area contributed by atoms with E-state index in [0.717, 1.165) is 6.42 Å². The van der Waals surface area contributed by atoms with Crippen molar-refractivity contribution in [2.45, 2.75) is 12.5 Å². The van der Waals surface area contributed by atoms with Crippen LogP contribution >= 0.6 is 0 Å². The van der Waals surface area contributed by atoms with E-state index in [9.17, 15) is 9.18 Å². The molecule has 0 aromatic heterocycles. The molecule has 2 rings (SSSR count). The van der Waals surface area contributed by atoms with Crippen molar-refractivity contribution in [3.8, 4) is 11.8 Å². The Morgan fingerprint density at radius 1 is 1.60 bits per heavy atom. The zero-order valence-corrected chi connectivity index (χ0v) is 11.2. The normalized spacial score (nSPS) is 17.4. The molecular weight excluding hydrogens is 261 g/mol. The molecule has 1 amide bonds. The number of aliphatic hydroxyl groups is 1. The van der Waals surface area contributed by atoms with E-state index in [1.54, 1.807) is 11.9 Å². The molecule has 1 aliphatic rings. The summed E-state index contributed by atoms with van der Waals surface area (Å²) in [5, 5.41) is 8.73. The van der Waals surface area contributed by atoms with Gasteiger partial charge in [-0.2, -0.15) is 0 Å². The van der Waals surface area contributed by atoms with Crippen LogP contribution in [-0.2, 0) is 4.74 Å². The molecule has 1 aromatic carbocycles. The highest BCUT2D eigenvalue weighted by Gasteiger charge is 2.26. The van der Waals surface area contributed by atoms with Crippen molar-refractivity contribution in [3.63, 3.8) is 0 Å². The maximum Gasteiger partial charge on any atom is 0.255 e. The topological polar surface area (TPSA) is 49.8 Å². The van der Waals surface area contributed by atoms with Gasteiger partial charge in [-0.05, 0) is 24.6 Å². The second-order valence-electron chi connectivity index (χ2n) is 4.58. The molecule has 20 heavy (non-hydrogen) atoms. The van der Waals surface area contributed by atoms with E-state index in [0.29, 0.717) is 18.8 Å². The Labute approximate surface area is 117 Å². The highest BCUT2D eigenvalue weighted by atomic mass is 19.1. The zero-order chi connectivity index (χ0) is 14.5. The molecular formula is C15H16FNO3. The van der Waals surface area contributed by atoms with Gasteiger partial charge in [0.25, 0.3) is 5.91 Å². The number of ether oxygens (including phenoxy) is 1. The van der Waals surface area contributed by atoms with Gasteiger partial charge in [-0.25, -0.2) is 4.39 Å². The van der Waals surface area contributed by atoms with Crippen LogP contribution in [0, 0.1) is 17.7 Å². The summed E-state index contributed by atoms with van der Waals surface area (Å²) >= 11 is 0. The van der Waals surface area contributed by atoms with Gasteiger partial charge in [0, 0.05) is 19.2 Å². The number of carbonyl (C=O) groups excluding carboxylic acids is 1. The summed E-state index contributed by atoms with van der Waals surface area (Å²) in [6.45, 7) is 0.820. The second kappa shape index (κ2) is 6.51. The van der Waals surface area contributed by atoms with Crippen LogP contribution in [0.15, 0.2) is 18.2 Å². The molecule has 1 saturated heterocycles. The first-order valence-corrected chi connectivity index (χ1v) is 6.37. The number of likely N-dealkylation sites (N-methyl/N-ethyl adjacent to an activating group) is 1. The van der Waals surface area contributed by atoms with Crippen molar-refractivity contribution in [2.75, 3.05) is 26.9 Å². The summed E-state index contributed by atoms with van der Waals surface area (Å²) in [7, 11) is 1.70. The number of aliphatic hydroxyl groups excluding tert-OH is 1. The molecule has 1 aromatic rings. The Morgan fingerprint density at radius 2 is 2.40 bits per heavy atom. The van der Waals surface area contributed by atoms with Gasteiger partial charge in [-0.15, -0.1) is 0 Å². The number of amides is 1. The number of benzene rings is 1. The van der Waals surface area contributed by atoms with Crippen LogP contribution in [0.4, 0.5) is 4.39 Å². The lowest BCUT2D eigenvalue weighted by Gasteiger charge is -2.23. The third-order valence-corrected chi connectivity index (χ3v) is 3.29. The lowest BCUT2D eigenvalue weighted by Crippen LogP contribution is -2.37. The van der Waals surface area contributed by atoms with Crippen LogP contribution in [-0.4, -0.2) is 48.8 Å². The molecule has 0 aliphatic carbocycles. The number of carbonyl (C=O) groups is 1. The van der Waals surface area contributed by atoms with Gasteiger partial charge < -0.3 is 14.7 Å². The summed E-state index contributed by atoms with van der Waals surface area (Å²) in [4.78, 5) is 14.0. The predicted molar refractivity (Wildman–Crippen MR) is 71.7 cm³/mol. The minimum atomic E-state index is -0.462. The van der Waals surface area contributed by atoms with E-state index < -0.39 is 5.82 Å². The smallest absolute Gasteiger partial charge is 0.255 e. The first-order valence-electron chi connectivity index (χ1n) is 6.37. The van der Waals surface area contributed by atoms with Gasteiger partial charge in [0.05, 0.1) is 18.2 Å². The summed E-state index contributed by atoms with van der Waals surface area (Å²) < 4.78 is 18.5. The SMILES string of the molecule is CN(C(=O)c1ccc(F)cc1C#CCO)C1CCOC1. The van der Waals surface area contributed by atoms with Gasteiger partial charge in [-0.3, -0.25) is 4.79 Å². The number of hydrogen-bond acceptors (Lipinski definition) is 3. The fourth-order valence-electron chi connectivity index (χ4n) is 2.12. The summed E-state index contributed by atoms with van der Waals surface area (Å²) in [5.74, 6) is 4.37. The first-order chi connectivity index (χ1) is 9.63. The maximum atomic E-state index is 13.3. The Bertz CT molecular complexity index is 556. The quantitative estimate of drug-likeness (QED) is 0.821. The van der Waals surface area contributed by atoms with E-state index in [-0.39, 0.29) is 24.1 Å². The molecule has 106 valence electrons. The molecule has 1 heterocycles. The van der Waals surface area contributed by atoms with Crippen molar-refractivity contribution in [2.24, 2.45) is 0 Å². The standard InChI is InChI=1S/C15H16FNO3/c1-17(13-6-8-20-10-13)15(19)14-5-4-12(16)9-11(14)3-2-7-18/h4-5,9,13,18H,6-8,10H2,1H3. The third-order valence-electron chi connectivity index (χ3n) is 3.29. The molecule has 0 bridgehead atoms. The molecule has 1 fully saturated rings. The van der Waals surface area contributed by atoms with Crippen LogP contribution in [0.3, 0.4) is 0 Å². The van der Waals surface area contributed by atoms with E-state index >= 15 is 0 Å². The summed E-state index contributed by atoms with van der Waals surface area (Å²) in [6, 6.07) is 3.89. The molecule has 1 aliphatic heterocycles. The fraction of sp³-hybridized carbons (Fsp3) is 0.400. The molecule has 1 N–H and O–H groups in total. The number of halogens is 1. The molecule has 0 radical (unpaired) electrons. The molecule has 5 heteroatoms. The van der Waals surface area contributed by atoms with Crippen molar-refractivity contribution >= 4 is 5.91 Å². The highest BCUT2D eigenvalue weighted by molar-refractivity contribution is 5.96. The monoisotopic (exact) mass is 277 g/mol. The van der Waals surface area contributed by atoms with Crippen molar-refractivity contribution < 1.29 is 19.0 Å². The van der Waals surface area contributed by atoms with E-state index in [4.69, 9.17) is 9.84 Å². The lowest BCUT2D eigenvalue weighted by molar-refractivity contribution is 0.0711. The van der Waals surface area contributed by atoms with Gasteiger partial charge >= 0.3 is 0 Å². The minimum Gasteiger partial charge on any atom is -0.384 e. The van der Waals surface area contributed by atoms with E-state index in [1.807, 2.05) is 0 Å². The van der Waals surface area contributed by atoms with Crippen molar-refractivity contribution in [1.82, 2.24) is 4.90 Å².